The lowest BCUT2D eigenvalue weighted by Gasteiger charge is -2.22. The molecular formula is C12H16BrNO6S. The zero-order valence-corrected chi connectivity index (χ0v) is 13.8. The second-order valence-corrected chi connectivity index (χ2v) is 7.27. The van der Waals surface area contributed by atoms with Crippen LogP contribution in [0.25, 0.3) is 0 Å². The minimum absolute atomic E-state index is 0.106. The lowest BCUT2D eigenvalue weighted by Crippen LogP contribution is -2.37. The van der Waals surface area contributed by atoms with Gasteiger partial charge in [0, 0.05) is 25.8 Å². The first kappa shape index (κ1) is 16.5. The second-order valence-electron chi connectivity index (χ2n) is 4.64. The topological polar surface area (TPSA) is 97.0 Å². The Bertz CT molecular complexity index is 620. The molecule has 2 heterocycles. The highest BCUT2D eigenvalue weighted by Gasteiger charge is 2.32. The Morgan fingerprint density at radius 1 is 1.57 bits per heavy atom. The molecular weight excluding hydrogens is 366 g/mol. The number of rotatable bonds is 6. The molecule has 1 atom stereocenters. The minimum Gasteiger partial charge on any atom is -0.475 e. The van der Waals surface area contributed by atoms with Gasteiger partial charge in [0.2, 0.25) is 15.8 Å². The van der Waals surface area contributed by atoms with Crippen LogP contribution >= 0.6 is 15.9 Å². The zero-order valence-electron chi connectivity index (χ0n) is 11.4. The number of likely N-dealkylation sites (N-methyl/N-ethyl adjacent to an activating group) is 1. The number of ether oxygens (including phenoxy) is 1. The Balaban J connectivity index is 2.27. The molecule has 1 unspecified atom stereocenters. The van der Waals surface area contributed by atoms with E-state index < -0.39 is 21.8 Å². The molecule has 0 spiro atoms. The number of carboxylic acid groups (broad SMARTS) is 1. The predicted octanol–water partition coefficient (Wildman–Crippen LogP) is 1.93. The van der Waals surface area contributed by atoms with Crippen molar-refractivity contribution < 1.29 is 27.5 Å². The third kappa shape index (κ3) is 3.47. The van der Waals surface area contributed by atoms with Crippen molar-refractivity contribution in [1.82, 2.24) is 4.31 Å². The number of sulfonamides is 1. The summed E-state index contributed by atoms with van der Waals surface area (Å²) in [6, 6.07) is 1.01. The summed E-state index contributed by atoms with van der Waals surface area (Å²) in [4.78, 5) is 10.7. The van der Waals surface area contributed by atoms with Gasteiger partial charge in [-0.1, -0.05) is 6.92 Å². The number of carbonyl (C=O) groups is 1. The van der Waals surface area contributed by atoms with E-state index in [1.165, 1.54) is 4.31 Å². The van der Waals surface area contributed by atoms with Gasteiger partial charge in [0.05, 0.1) is 6.10 Å². The molecule has 1 aromatic rings. The summed E-state index contributed by atoms with van der Waals surface area (Å²) >= 11 is 2.96. The molecule has 1 aliphatic rings. The van der Waals surface area contributed by atoms with Gasteiger partial charge in [-0.25, -0.2) is 13.2 Å². The summed E-state index contributed by atoms with van der Waals surface area (Å²) in [6.45, 7) is 2.88. The van der Waals surface area contributed by atoms with Gasteiger partial charge in [0.1, 0.15) is 4.90 Å². The number of aromatic carboxylic acids is 1. The molecule has 0 amide bonds. The van der Waals surface area contributed by atoms with Gasteiger partial charge in [0.25, 0.3) is 0 Å². The summed E-state index contributed by atoms with van der Waals surface area (Å²) in [6.07, 6.45) is 1.61. The molecule has 1 saturated heterocycles. The lowest BCUT2D eigenvalue weighted by atomic mass is 10.2. The standard InChI is InChI=1S/C12H16BrNO6S/c1-2-14(7-8-4-3-5-19-8)21(17,18)10-6-9(12(15)16)20-11(10)13/h6,8H,2-5,7H2,1H3,(H,15,16). The smallest absolute Gasteiger partial charge is 0.371 e. The van der Waals surface area contributed by atoms with Crippen LogP contribution < -0.4 is 0 Å². The molecule has 0 radical (unpaired) electrons. The quantitative estimate of drug-likeness (QED) is 0.808. The van der Waals surface area contributed by atoms with Gasteiger partial charge in [-0.05, 0) is 28.8 Å². The Morgan fingerprint density at radius 3 is 2.76 bits per heavy atom. The molecule has 1 fully saturated rings. The largest absolute Gasteiger partial charge is 0.475 e. The number of furan rings is 1. The van der Waals surface area contributed by atoms with Gasteiger partial charge >= 0.3 is 5.97 Å². The average Bonchev–Trinajstić information content (AvgIpc) is 3.04. The van der Waals surface area contributed by atoms with E-state index in [0.29, 0.717) is 6.61 Å². The number of hydrogen-bond donors (Lipinski definition) is 1. The molecule has 9 heteroatoms. The van der Waals surface area contributed by atoms with Crippen molar-refractivity contribution in [3.05, 3.63) is 16.5 Å². The maximum atomic E-state index is 12.6. The van der Waals surface area contributed by atoms with E-state index in [2.05, 4.69) is 15.9 Å². The molecule has 0 bridgehead atoms. The first-order valence-electron chi connectivity index (χ1n) is 6.50. The summed E-state index contributed by atoms with van der Waals surface area (Å²) in [5, 5.41) is 8.87. The summed E-state index contributed by atoms with van der Waals surface area (Å²) in [5.41, 5.74) is 0. The van der Waals surface area contributed by atoms with E-state index in [9.17, 15) is 13.2 Å². The van der Waals surface area contributed by atoms with Crippen LogP contribution in [0.4, 0.5) is 0 Å². The van der Waals surface area contributed by atoms with E-state index in [0.717, 1.165) is 18.9 Å². The van der Waals surface area contributed by atoms with E-state index >= 15 is 0 Å². The fourth-order valence-electron chi connectivity index (χ4n) is 2.19. The summed E-state index contributed by atoms with van der Waals surface area (Å²) in [5.74, 6) is -1.74. The number of hydrogen-bond acceptors (Lipinski definition) is 5. The van der Waals surface area contributed by atoms with Crippen molar-refractivity contribution in [3.8, 4) is 0 Å². The van der Waals surface area contributed by atoms with Gasteiger partial charge in [-0.3, -0.25) is 0 Å². The molecule has 2 rings (SSSR count). The van der Waals surface area contributed by atoms with E-state index in [1.54, 1.807) is 6.92 Å². The van der Waals surface area contributed by atoms with Crippen molar-refractivity contribution >= 4 is 31.9 Å². The Morgan fingerprint density at radius 2 is 2.29 bits per heavy atom. The van der Waals surface area contributed by atoms with Gasteiger partial charge < -0.3 is 14.3 Å². The Hall–Kier alpha value is -0.900. The predicted molar refractivity (Wildman–Crippen MR) is 76.8 cm³/mol. The Labute approximate surface area is 131 Å². The Kier molecular flexibility index (Phi) is 5.07. The van der Waals surface area contributed by atoms with Crippen LogP contribution in [0.15, 0.2) is 20.0 Å². The molecule has 21 heavy (non-hydrogen) atoms. The third-order valence-electron chi connectivity index (χ3n) is 3.27. The molecule has 1 aliphatic heterocycles. The number of carboxylic acids is 1. The van der Waals surface area contributed by atoms with Crippen molar-refractivity contribution in [3.63, 3.8) is 0 Å². The summed E-state index contributed by atoms with van der Waals surface area (Å²) in [7, 11) is -3.83. The van der Waals surface area contributed by atoms with E-state index in [4.69, 9.17) is 14.3 Å². The van der Waals surface area contributed by atoms with Crippen molar-refractivity contribution in [2.75, 3.05) is 19.7 Å². The first-order chi connectivity index (χ1) is 9.86. The molecule has 1 aromatic heterocycles. The highest BCUT2D eigenvalue weighted by molar-refractivity contribution is 9.10. The van der Waals surface area contributed by atoms with Crippen LogP contribution in [0.1, 0.15) is 30.3 Å². The normalized spacial score (nSPS) is 19.3. The van der Waals surface area contributed by atoms with Crippen LogP contribution in [0.5, 0.6) is 0 Å². The SMILES string of the molecule is CCN(CC1CCCO1)S(=O)(=O)c1cc(C(=O)O)oc1Br. The molecule has 0 aliphatic carbocycles. The van der Waals surface area contributed by atoms with Crippen LogP contribution in [0, 0.1) is 0 Å². The maximum Gasteiger partial charge on any atom is 0.371 e. The second kappa shape index (κ2) is 6.47. The van der Waals surface area contributed by atoms with Crippen LogP contribution in [0.3, 0.4) is 0 Å². The van der Waals surface area contributed by atoms with Crippen LogP contribution in [0.2, 0.25) is 0 Å². The fourth-order valence-corrected chi connectivity index (χ4v) is 4.57. The molecule has 7 nitrogen and oxygen atoms in total. The average molecular weight is 382 g/mol. The van der Waals surface area contributed by atoms with Crippen molar-refractivity contribution in [2.45, 2.75) is 30.8 Å². The van der Waals surface area contributed by atoms with Gasteiger partial charge in [0.15, 0.2) is 4.67 Å². The van der Waals surface area contributed by atoms with Crippen LogP contribution in [-0.4, -0.2) is 49.6 Å². The lowest BCUT2D eigenvalue weighted by molar-refractivity contribution is 0.0661. The molecule has 1 N–H and O–H groups in total. The van der Waals surface area contributed by atoms with Crippen molar-refractivity contribution in [1.29, 1.82) is 0 Å². The first-order valence-corrected chi connectivity index (χ1v) is 8.74. The van der Waals surface area contributed by atoms with E-state index in [1.807, 2.05) is 0 Å². The van der Waals surface area contributed by atoms with Crippen molar-refractivity contribution in [2.24, 2.45) is 0 Å². The fraction of sp³-hybridized carbons (Fsp3) is 0.583. The highest BCUT2D eigenvalue weighted by Crippen LogP contribution is 2.29. The number of nitrogens with zero attached hydrogens (tertiary/aromatic N) is 1. The van der Waals surface area contributed by atoms with Gasteiger partial charge in [-0.2, -0.15) is 4.31 Å². The molecule has 118 valence electrons. The third-order valence-corrected chi connectivity index (χ3v) is 6.07. The monoisotopic (exact) mass is 381 g/mol. The summed E-state index contributed by atoms with van der Waals surface area (Å²) < 4.78 is 36.7. The van der Waals surface area contributed by atoms with E-state index in [-0.39, 0.29) is 28.8 Å². The minimum atomic E-state index is -3.83. The van der Waals surface area contributed by atoms with Crippen LogP contribution in [-0.2, 0) is 14.8 Å². The zero-order chi connectivity index (χ0) is 15.6. The molecule has 0 saturated carbocycles. The highest BCUT2D eigenvalue weighted by atomic mass is 79.9. The number of halogens is 1. The van der Waals surface area contributed by atoms with Gasteiger partial charge in [-0.15, -0.1) is 0 Å². The maximum absolute atomic E-state index is 12.6. The molecule has 0 aromatic carbocycles.